The molecule has 0 bridgehead atoms. The summed E-state index contributed by atoms with van der Waals surface area (Å²) in [6, 6.07) is 14.2. The van der Waals surface area contributed by atoms with Gasteiger partial charge in [0.05, 0.1) is 5.56 Å². The first-order valence-electron chi connectivity index (χ1n) is 10.7. The van der Waals surface area contributed by atoms with Crippen molar-refractivity contribution in [3.05, 3.63) is 86.8 Å². The maximum atomic E-state index is 14.1. The quantitative estimate of drug-likeness (QED) is 0.132. The van der Waals surface area contributed by atoms with E-state index in [1.807, 2.05) is 17.0 Å². The van der Waals surface area contributed by atoms with Gasteiger partial charge >= 0.3 is 0 Å². The Morgan fingerprint density at radius 2 is 1.31 bits per heavy atom. The highest BCUT2D eigenvalue weighted by atomic mass is 127. The van der Waals surface area contributed by atoms with Crippen LogP contribution in [0.1, 0.15) is 10.4 Å². The topological polar surface area (TPSA) is 47.6 Å². The third-order valence-electron chi connectivity index (χ3n) is 5.62. The van der Waals surface area contributed by atoms with Crippen molar-refractivity contribution in [2.24, 2.45) is 0 Å². The second kappa shape index (κ2) is 10.9. The molecule has 36 heavy (non-hydrogen) atoms. The Balaban J connectivity index is 1.35. The summed E-state index contributed by atoms with van der Waals surface area (Å²) in [5.74, 6) is -10.1. The van der Waals surface area contributed by atoms with E-state index in [9.17, 15) is 26.7 Å². The summed E-state index contributed by atoms with van der Waals surface area (Å²) in [5, 5.41) is 5.69. The lowest BCUT2D eigenvalue weighted by molar-refractivity contribution is 0.0977. The van der Waals surface area contributed by atoms with Crippen molar-refractivity contribution in [1.82, 2.24) is 5.32 Å². The van der Waals surface area contributed by atoms with Crippen molar-refractivity contribution in [2.75, 3.05) is 41.3 Å². The van der Waals surface area contributed by atoms with Gasteiger partial charge in [0.25, 0.3) is 5.91 Å². The normalized spacial score (nSPS) is 13.5. The molecule has 0 saturated carbocycles. The lowest BCUT2D eigenvalue weighted by atomic mass is 10.2. The minimum atomic E-state index is -2.17. The molecule has 0 aliphatic carbocycles. The number of carbonyl (C=O) groups is 1. The number of halogens is 6. The van der Waals surface area contributed by atoms with Gasteiger partial charge in [0.2, 0.25) is 5.82 Å². The zero-order valence-electron chi connectivity index (χ0n) is 18.4. The van der Waals surface area contributed by atoms with Crippen LogP contribution in [0.5, 0.6) is 0 Å². The highest BCUT2D eigenvalue weighted by Gasteiger charge is 2.30. The lowest BCUT2D eigenvalue weighted by Gasteiger charge is -2.37. The van der Waals surface area contributed by atoms with Gasteiger partial charge in [0, 0.05) is 41.1 Å². The van der Waals surface area contributed by atoms with E-state index in [0.717, 1.165) is 14.2 Å². The molecule has 1 heterocycles. The number of anilines is 3. The summed E-state index contributed by atoms with van der Waals surface area (Å²) < 4.78 is 69.5. The van der Waals surface area contributed by atoms with Gasteiger partial charge in [0.15, 0.2) is 28.4 Å². The SMILES string of the molecule is O=C(NC(=S)Nc1ccc(N2CCN(c3c(F)c(F)c(F)c(F)c3F)CC2)cc1)c1ccccc1I. The minimum absolute atomic E-state index is 0.0623. The first kappa shape index (κ1) is 26.1. The number of hydrogen-bond acceptors (Lipinski definition) is 4. The number of nitrogens with zero attached hydrogens (tertiary/aromatic N) is 2. The predicted molar refractivity (Wildman–Crippen MR) is 140 cm³/mol. The Hall–Kier alpha value is -3.00. The van der Waals surface area contributed by atoms with Crippen molar-refractivity contribution >= 4 is 62.9 Å². The lowest BCUT2D eigenvalue weighted by Crippen LogP contribution is -2.47. The molecule has 188 valence electrons. The van der Waals surface area contributed by atoms with Crippen LogP contribution in [0, 0.1) is 32.7 Å². The summed E-state index contributed by atoms with van der Waals surface area (Å²) >= 11 is 7.29. The molecular weight excluding hydrogens is 614 g/mol. The van der Waals surface area contributed by atoms with Gasteiger partial charge in [-0.05, 0) is 71.2 Å². The van der Waals surface area contributed by atoms with Crippen molar-refractivity contribution in [3.63, 3.8) is 0 Å². The van der Waals surface area contributed by atoms with Crippen molar-refractivity contribution in [2.45, 2.75) is 0 Å². The molecule has 12 heteroatoms. The van der Waals surface area contributed by atoms with E-state index < -0.39 is 34.8 Å². The van der Waals surface area contributed by atoms with Gasteiger partial charge < -0.3 is 15.1 Å². The fourth-order valence-electron chi connectivity index (χ4n) is 3.79. The van der Waals surface area contributed by atoms with Gasteiger partial charge in [-0.15, -0.1) is 0 Å². The van der Waals surface area contributed by atoms with E-state index in [1.54, 1.807) is 36.4 Å². The van der Waals surface area contributed by atoms with Crippen LogP contribution >= 0.6 is 34.8 Å². The van der Waals surface area contributed by atoms with Crippen molar-refractivity contribution in [1.29, 1.82) is 0 Å². The van der Waals surface area contributed by atoms with Crippen molar-refractivity contribution < 1.29 is 26.7 Å². The van der Waals surface area contributed by atoms with Crippen LogP contribution in [0.15, 0.2) is 48.5 Å². The van der Waals surface area contributed by atoms with Gasteiger partial charge in [-0.2, -0.15) is 0 Å². The van der Waals surface area contributed by atoms with E-state index in [4.69, 9.17) is 12.2 Å². The third-order valence-corrected chi connectivity index (χ3v) is 6.76. The average Bonchev–Trinajstić information content (AvgIpc) is 2.87. The molecule has 1 saturated heterocycles. The Labute approximate surface area is 222 Å². The van der Waals surface area contributed by atoms with Gasteiger partial charge in [-0.3, -0.25) is 10.1 Å². The minimum Gasteiger partial charge on any atom is -0.368 e. The molecule has 1 amide bonds. The Kier molecular flexibility index (Phi) is 7.93. The Morgan fingerprint density at radius 1 is 0.778 bits per heavy atom. The molecular formula is C24H18F5IN4OS. The maximum absolute atomic E-state index is 14.1. The highest BCUT2D eigenvalue weighted by Crippen LogP contribution is 2.31. The Morgan fingerprint density at radius 3 is 1.89 bits per heavy atom. The van der Waals surface area contributed by atoms with Crippen LogP contribution in [-0.2, 0) is 0 Å². The molecule has 2 N–H and O–H groups in total. The number of amides is 1. The largest absolute Gasteiger partial charge is 0.368 e. The molecule has 3 aromatic rings. The van der Waals surface area contributed by atoms with Crippen molar-refractivity contribution in [3.8, 4) is 0 Å². The molecule has 0 radical (unpaired) electrons. The maximum Gasteiger partial charge on any atom is 0.258 e. The second-order valence-corrected chi connectivity index (χ2v) is 9.40. The third kappa shape index (κ3) is 5.38. The number of carbonyl (C=O) groups excluding carboxylic acids is 1. The fraction of sp³-hybridized carbons (Fsp3) is 0.167. The zero-order valence-corrected chi connectivity index (χ0v) is 21.4. The van der Waals surface area contributed by atoms with E-state index in [1.165, 1.54) is 0 Å². The predicted octanol–water partition coefficient (Wildman–Crippen LogP) is 5.44. The van der Waals surface area contributed by atoms with E-state index in [2.05, 4.69) is 33.2 Å². The highest BCUT2D eigenvalue weighted by molar-refractivity contribution is 14.1. The first-order chi connectivity index (χ1) is 17.2. The molecule has 3 aromatic carbocycles. The number of piperazine rings is 1. The first-order valence-corrected chi connectivity index (χ1v) is 12.1. The number of nitrogens with one attached hydrogen (secondary N) is 2. The molecule has 1 aliphatic heterocycles. The summed E-state index contributed by atoms with van der Waals surface area (Å²) in [6.45, 7) is 0.729. The zero-order chi connectivity index (χ0) is 26.0. The molecule has 1 aliphatic rings. The van der Waals surface area contributed by atoms with E-state index in [0.29, 0.717) is 24.3 Å². The van der Waals surface area contributed by atoms with Gasteiger partial charge in [-0.1, -0.05) is 12.1 Å². The van der Waals surface area contributed by atoms with E-state index >= 15 is 0 Å². The van der Waals surface area contributed by atoms with Gasteiger partial charge in [-0.25, -0.2) is 22.0 Å². The molecule has 4 rings (SSSR count). The molecule has 0 atom stereocenters. The average molecular weight is 632 g/mol. The fourth-order valence-corrected chi connectivity index (χ4v) is 4.64. The van der Waals surface area contributed by atoms with Crippen LogP contribution < -0.4 is 20.4 Å². The molecule has 0 aromatic heterocycles. The number of thiocarbonyl (C=S) groups is 1. The summed E-state index contributed by atoms with van der Waals surface area (Å²) in [6.07, 6.45) is 0. The number of hydrogen-bond donors (Lipinski definition) is 2. The van der Waals surface area contributed by atoms with Gasteiger partial charge in [0.1, 0.15) is 5.69 Å². The molecule has 0 spiro atoms. The van der Waals surface area contributed by atoms with Crippen LogP contribution in [0.3, 0.4) is 0 Å². The van der Waals surface area contributed by atoms with Crippen LogP contribution in [0.2, 0.25) is 0 Å². The number of benzene rings is 3. The molecule has 0 unspecified atom stereocenters. The number of rotatable bonds is 4. The summed E-state index contributed by atoms with van der Waals surface area (Å²) in [5.41, 5.74) is 1.02. The summed E-state index contributed by atoms with van der Waals surface area (Å²) in [4.78, 5) is 15.5. The van der Waals surface area contributed by atoms with Crippen LogP contribution in [-0.4, -0.2) is 37.2 Å². The monoisotopic (exact) mass is 632 g/mol. The smallest absolute Gasteiger partial charge is 0.258 e. The van der Waals surface area contributed by atoms with E-state index in [-0.39, 0.29) is 24.1 Å². The molecule has 5 nitrogen and oxygen atoms in total. The molecule has 1 fully saturated rings. The van der Waals surface area contributed by atoms with Crippen LogP contribution in [0.4, 0.5) is 39.0 Å². The Bertz CT molecular complexity index is 1290. The van der Waals surface area contributed by atoms with Crippen LogP contribution in [0.25, 0.3) is 0 Å². The standard InChI is InChI=1S/C24H18F5IN4OS/c25-17-18(26)20(28)22(21(29)19(17)27)34-11-9-33(10-12-34)14-7-5-13(6-8-14)31-24(36)32-23(35)15-3-1-2-4-16(15)30/h1-8H,9-12H2,(H2,31,32,35,36). The summed E-state index contributed by atoms with van der Waals surface area (Å²) in [7, 11) is 0. The second-order valence-electron chi connectivity index (χ2n) is 7.83.